The van der Waals surface area contributed by atoms with Crippen molar-refractivity contribution in [3.05, 3.63) is 54.5 Å². The van der Waals surface area contributed by atoms with Crippen molar-refractivity contribution in [2.24, 2.45) is 0 Å². The molecule has 3 rings (SSSR count). The summed E-state index contributed by atoms with van der Waals surface area (Å²) in [6.07, 6.45) is 4.63. The Labute approximate surface area is 140 Å². The number of benzene rings is 1. The molecule has 1 saturated carbocycles. The third-order valence-corrected chi connectivity index (χ3v) is 5.58. The lowest BCUT2D eigenvalue weighted by molar-refractivity contribution is 0.138. The van der Waals surface area contributed by atoms with Crippen molar-refractivity contribution >= 4 is 10.0 Å². The molecular weight excluding hydrogens is 331 g/mol. The number of ether oxygens (including phenoxy) is 1. The maximum absolute atomic E-state index is 12.9. The molecule has 1 aromatic carbocycles. The highest BCUT2D eigenvalue weighted by Gasteiger charge is 2.26. The Morgan fingerprint density at radius 1 is 1.04 bits per heavy atom. The molecule has 1 heterocycles. The average molecular weight is 350 g/mol. The van der Waals surface area contributed by atoms with Crippen LogP contribution in [0.1, 0.15) is 25.7 Å². The molecule has 1 aliphatic carbocycles. The molecule has 1 N–H and O–H groups in total. The van der Waals surface area contributed by atoms with E-state index in [1.54, 1.807) is 6.20 Å². The SMILES string of the molecule is O=S(=O)(NC1CCC(Oc2ccccn2)CC1)c1ccc(F)cc1. The Morgan fingerprint density at radius 2 is 1.75 bits per heavy atom. The monoisotopic (exact) mass is 350 g/mol. The smallest absolute Gasteiger partial charge is 0.240 e. The van der Waals surface area contributed by atoms with E-state index in [-0.39, 0.29) is 17.0 Å². The van der Waals surface area contributed by atoms with Crippen LogP contribution in [0.15, 0.2) is 53.6 Å². The first-order valence-corrected chi connectivity index (χ1v) is 9.37. The predicted octanol–water partition coefficient (Wildman–Crippen LogP) is 2.89. The zero-order valence-electron chi connectivity index (χ0n) is 13.1. The molecule has 128 valence electrons. The molecule has 5 nitrogen and oxygen atoms in total. The normalized spacial score (nSPS) is 21.4. The minimum Gasteiger partial charge on any atom is -0.474 e. The maximum atomic E-state index is 12.9. The van der Waals surface area contributed by atoms with Crippen molar-refractivity contribution in [2.75, 3.05) is 0 Å². The Bertz CT molecular complexity index is 758. The number of hydrogen-bond acceptors (Lipinski definition) is 4. The van der Waals surface area contributed by atoms with Crippen molar-refractivity contribution in [3.63, 3.8) is 0 Å². The molecule has 1 aliphatic rings. The molecular formula is C17H19FN2O3S. The van der Waals surface area contributed by atoms with Gasteiger partial charge in [0.25, 0.3) is 0 Å². The fourth-order valence-electron chi connectivity index (χ4n) is 2.79. The molecule has 0 radical (unpaired) electrons. The van der Waals surface area contributed by atoms with Crippen molar-refractivity contribution in [3.8, 4) is 5.88 Å². The zero-order chi connectivity index (χ0) is 17.0. The number of halogens is 1. The van der Waals surface area contributed by atoms with Crippen LogP contribution in [0.5, 0.6) is 5.88 Å². The molecule has 1 fully saturated rings. The highest BCUT2D eigenvalue weighted by atomic mass is 32.2. The molecule has 24 heavy (non-hydrogen) atoms. The number of pyridine rings is 1. The second-order valence-corrected chi connectivity index (χ2v) is 7.55. The molecule has 0 bridgehead atoms. The fourth-order valence-corrected chi connectivity index (χ4v) is 4.09. The lowest BCUT2D eigenvalue weighted by atomic mass is 9.94. The van der Waals surface area contributed by atoms with Gasteiger partial charge in [0.1, 0.15) is 11.9 Å². The van der Waals surface area contributed by atoms with E-state index in [4.69, 9.17) is 4.74 Å². The highest BCUT2D eigenvalue weighted by molar-refractivity contribution is 7.89. The van der Waals surface area contributed by atoms with E-state index in [1.807, 2.05) is 18.2 Å². The number of rotatable bonds is 5. The van der Waals surface area contributed by atoms with E-state index in [2.05, 4.69) is 9.71 Å². The van der Waals surface area contributed by atoms with Gasteiger partial charge in [0.15, 0.2) is 0 Å². The summed E-state index contributed by atoms with van der Waals surface area (Å²) >= 11 is 0. The Balaban J connectivity index is 1.54. The van der Waals surface area contributed by atoms with Crippen LogP contribution in [-0.2, 0) is 10.0 Å². The van der Waals surface area contributed by atoms with Crippen LogP contribution in [0.2, 0.25) is 0 Å². The summed E-state index contributed by atoms with van der Waals surface area (Å²) in [5, 5.41) is 0. The highest BCUT2D eigenvalue weighted by Crippen LogP contribution is 2.24. The van der Waals surface area contributed by atoms with Crippen molar-refractivity contribution < 1.29 is 17.5 Å². The molecule has 0 amide bonds. The maximum Gasteiger partial charge on any atom is 0.240 e. The molecule has 0 spiro atoms. The van der Waals surface area contributed by atoms with Crippen LogP contribution in [0.25, 0.3) is 0 Å². The van der Waals surface area contributed by atoms with Crippen LogP contribution >= 0.6 is 0 Å². The topological polar surface area (TPSA) is 68.3 Å². The lowest BCUT2D eigenvalue weighted by Crippen LogP contribution is -2.39. The van der Waals surface area contributed by atoms with Gasteiger partial charge in [0, 0.05) is 18.3 Å². The van der Waals surface area contributed by atoms with E-state index in [0.717, 1.165) is 25.0 Å². The number of hydrogen-bond donors (Lipinski definition) is 1. The van der Waals surface area contributed by atoms with Gasteiger partial charge in [-0.15, -0.1) is 0 Å². The van der Waals surface area contributed by atoms with E-state index >= 15 is 0 Å². The Hall–Kier alpha value is -1.99. The standard InChI is InChI=1S/C17H19FN2O3S/c18-13-4-10-16(11-5-13)24(21,22)20-14-6-8-15(9-7-14)23-17-3-1-2-12-19-17/h1-5,10-12,14-15,20H,6-9H2. The Kier molecular flexibility index (Phi) is 5.11. The third-order valence-electron chi connectivity index (χ3n) is 4.05. The minimum absolute atomic E-state index is 0.0477. The van der Waals surface area contributed by atoms with Crippen LogP contribution in [-0.4, -0.2) is 25.5 Å². The van der Waals surface area contributed by atoms with Gasteiger partial charge < -0.3 is 4.74 Å². The lowest BCUT2D eigenvalue weighted by Gasteiger charge is -2.29. The predicted molar refractivity (Wildman–Crippen MR) is 87.6 cm³/mol. The molecule has 0 aliphatic heterocycles. The number of aromatic nitrogens is 1. The van der Waals surface area contributed by atoms with Gasteiger partial charge >= 0.3 is 0 Å². The minimum atomic E-state index is -3.62. The van der Waals surface area contributed by atoms with Gasteiger partial charge in [-0.3, -0.25) is 0 Å². The first-order valence-electron chi connectivity index (χ1n) is 7.88. The summed E-state index contributed by atoms with van der Waals surface area (Å²) < 4.78 is 46.0. The summed E-state index contributed by atoms with van der Waals surface area (Å²) in [6.45, 7) is 0. The van der Waals surface area contributed by atoms with Crippen LogP contribution in [0, 0.1) is 5.82 Å². The molecule has 2 aromatic rings. The van der Waals surface area contributed by atoms with Crippen molar-refractivity contribution in [1.82, 2.24) is 9.71 Å². The van der Waals surface area contributed by atoms with Crippen molar-refractivity contribution in [2.45, 2.75) is 42.7 Å². The largest absolute Gasteiger partial charge is 0.474 e. The van der Waals surface area contributed by atoms with E-state index in [1.165, 1.54) is 12.1 Å². The Morgan fingerprint density at radius 3 is 2.38 bits per heavy atom. The molecule has 0 unspecified atom stereocenters. The first kappa shape index (κ1) is 16.9. The quantitative estimate of drug-likeness (QED) is 0.900. The molecule has 0 atom stereocenters. The van der Waals surface area contributed by atoms with Gasteiger partial charge in [0.2, 0.25) is 15.9 Å². The van der Waals surface area contributed by atoms with Gasteiger partial charge in [-0.05, 0) is 56.0 Å². The molecule has 0 saturated heterocycles. The molecule has 7 heteroatoms. The number of sulfonamides is 1. The van der Waals surface area contributed by atoms with E-state index < -0.39 is 15.8 Å². The number of nitrogens with one attached hydrogen (secondary N) is 1. The van der Waals surface area contributed by atoms with Gasteiger partial charge in [-0.2, -0.15) is 0 Å². The summed E-state index contributed by atoms with van der Waals surface area (Å²) in [4.78, 5) is 4.21. The van der Waals surface area contributed by atoms with Crippen molar-refractivity contribution in [1.29, 1.82) is 0 Å². The van der Waals surface area contributed by atoms with E-state index in [0.29, 0.717) is 18.7 Å². The summed E-state index contributed by atoms with van der Waals surface area (Å²) in [5.74, 6) is 0.133. The second kappa shape index (κ2) is 7.27. The molecule has 1 aromatic heterocycles. The fraction of sp³-hybridized carbons (Fsp3) is 0.353. The number of nitrogens with zero attached hydrogens (tertiary/aromatic N) is 1. The third kappa shape index (κ3) is 4.30. The van der Waals surface area contributed by atoms with Gasteiger partial charge in [0.05, 0.1) is 4.90 Å². The average Bonchev–Trinajstić information content (AvgIpc) is 2.58. The van der Waals surface area contributed by atoms with Crippen LogP contribution in [0.3, 0.4) is 0 Å². The second-order valence-electron chi connectivity index (χ2n) is 5.83. The summed E-state index contributed by atoms with van der Waals surface area (Å²) in [6, 6.07) is 10.2. The summed E-state index contributed by atoms with van der Waals surface area (Å²) in [5.41, 5.74) is 0. The van der Waals surface area contributed by atoms with Crippen LogP contribution < -0.4 is 9.46 Å². The first-order chi connectivity index (χ1) is 11.5. The summed E-state index contributed by atoms with van der Waals surface area (Å²) in [7, 11) is -3.62. The van der Waals surface area contributed by atoms with Gasteiger partial charge in [-0.25, -0.2) is 22.5 Å². The van der Waals surface area contributed by atoms with Crippen LogP contribution in [0.4, 0.5) is 4.39 Å². The van der Waals surface area contributed by atoms with Gasteiger partial charge in [-0.1, -0.05) is 6.07 Å². The zero-order valence-corrected chi connectivity index (χ0v) is 13.9. The van der Waals surface area contributed by atoms with E-state index in [9.17, 15) is 12.8 Å².